The monoisotopic (exact) mass is 372 g/mol. The maximum Gasteiger partial charge on any atom is 0.573 e. The Balaban J connectivity index is 1.87. The zero-order valence-corrected chi connectivity index (χ0v) is 14.0. The molecule has 0 N–H and O–H groups in total. The van der Waals surface area contributed by atoms with Crippen molar-refractivity contribution in [2.24, 2.45) is 0 Å². The number of thioether (sulfide) groups is 1. The number of ether oxygens (including phenoxy) is 1. The first-order valence-electron chi connectivity index (χ1n) is 7.59. The van der Waals surface area contributed by atoms with Crippen molar-refractivity contribution in [1.29, 1.82) is 0 Å². The van der Waals surface area contributed by atoms with Gasteiger partial charge in [0.25, 0.3) is 0 Å². The Bertz CT molecular complexity index is 699. The fourth-order valence-electron chi connectivity index (χ4n) is 2.19. The average molecular weight is 372 g/mol. The first-order valence-corrected chi connectivity index (χ1v) is 8.58. The van der Waals surface area contributed by atoms with Gasteiger partial charge in [0.05, 0.1) is 0 Å². The van der Waals surface area contributed by atoms with Gasteiger partial charge in [-0.1, -0.05) is 18.2 Å². The number of carbonyl (C=O) groups is 1. The van der Waals surface area contributed by atoms with Crippen molar-refractivity contribution in [2.45, 2.75) is 30.5 Å². The molecule has 0 atom stereocenters. The third-order valence-electron chi connectivity index (χ3n) is 3.36. The molecule has 0 amide bonds. The molecule has 2 aromatic carbocycles. The van der Waals surface area contributed by atoms with Gasteiger partial charge in [0.15, 0.2) is 0 Å². The minimum atomic E-state index is -4.81. The molecule has 0 aliphatic heterocycles. The number of hydrogen-bond acceptors (Lipinski definition) is 3. The molecule has 134 valence electrons. The lowest BCUT2D eigenvalue weighted by molar-refractivity contribution is -0.275. The Morgan fingerprint density at radius 2 is 1.76 bits per heavy atom. The van der Waals surface area contributed by atoms with E-state index in [9.17, 15) is 22.4 Å². The Hall–Kier alpha value is -2.02. The van der Waals surface area contributed by atoms with Crippen molar-refractivity contribution in [1.82, 2.24) is 0 Å². The van der Waals surface area contributed by atoms with Crippen molar-refractivity contribution in [3.8, 4) is 5.75 Å². The Kier molecular flexibility index (Phi) is 6.87. The molecule has 0 aromatic heterocycles. The summed E-state index contributed by atoms with van der Waals surface area (Å²) in [4.78, 5) is 11.1. The molecule has 0 spiro atoms. The van der Waals surface area contributed by atoms with E-state index in [1.165, 1.54) is 36.0 Å². The number of unbranched alkanes of at least 4 members (excludes halogenated alkanes) is 1. The van der Waals surface area contributed by atoms with Gasteiger partial charge in [0.2, 0.25) is 0 Å². The highest BCUT2D eigenvalue weighted by molar-refractivity contribution is 7.99. The number of rotatable bonds is 8. The van der Waals surface area contributed by atoms with Crippen LogP contribution < -0.4 is 4.74 Å². The van der Waals surface area contributed by atoms with E-state index in [1.807, 2.05) is 0 Å². The number of aldehydes is 1. The molecule has 0 aliphatic rings. The number of alkyl halides is 3. The summed E-state index contributed by atoms with van der Waals surface area (Å²) in [6.45, 7) is 0. The van der Waals surface area contributed by atoms with Crippen LogP contribution in [0.1, 0.15) is 28.8 Å². The number of halogens is 4. The van der Waals surface area contributed by atoms with Gasteiger partial charge in [-0.15, -0.1) is 24.9 Å². The minimum absolute atomic E-state index is 0.125. The van der Waals surface area contributed by atoms with Crippen LogP contribution in [0.4, 0.5) is 17.6 Å². The van der Waals surface area contributed by atoms with E-state index in [2.05, 4.69) is 4.74 Å². The molecule has 0 radical (unpaired) electrons. The standard InChI is InChI=1S/C18H16F4O2S/c19-15-7-4-13(5-8-15)3-1-2-10-25-17-9-6-14(12-23)11-16(17)24-18(20,21)22/h4-9,11-12H,1-3,10H2. The van der Waals surface area contributed by atoms with E-state index in [0.29, 0.717) is 16.9 Å². The average Bonchev–Trinajstić information content (AvgIpc) is 2.56. The highest BCUT2D eigenvalue weighted by atomic mass is 32.2. The van der Waals surface area contributed by atoms with Crippen LogP contribution in [-0.4, -0.2) is 18.4 Å². The van der Waals surface area contributed by atoms with Crippen LogP contribution in [0.5, 0.6) is 5.75 Å². The van der Waals surface area contributed by atoms with E-state index >= 15 is 0 Å². The number of benzene rings is 2. The molecule has 25 heavy (non-hydrogen) atoms. The van der Waals surface area contributed by atoms with E-state index in [-0.39, 0.29) is 17.1 Å². The van der Waals surface area contributed by atoms with Gasteiger partial charge in [-0.25, -0.2) is 4.39 Å². The molecule has 0 fully saturated rings. The first-order chi connectivity index (χ1) is 11.9. The molecule has 0 bridgehead atoms. The van der Waals surface area contributed by atoms with Crippen molar-refractivity contribution in [3.05, 3.63) is 59.4 Å². The van der Waals surface area contributed by atoms with E-state index < -0.39 is 6.36 Å². The zero-order valence-electron chi connectivity index (χ0n) is 13.2. The lowest BCUT2D eigenvalue weighted by atomic mass is 10.1. The molecule has 2 rings (SSSR count). The molecule has 0 unspecified atom stereocenters. The van der Waals surface area contributed by atoms with Gasteiger partial charge < -0.3 is 4.74 Å². The fraction of sp³-hybridized carbons (Fsp3) is 0.278. The van der Waals surface area contributed by atoms with Crippen molar-refractivity contribution in [2.75, 3.05) is 5.75 Å². The largest absolute Gasteiger partial charge is 0.573 e. The third-order valence-corrected chi connectivity index (χ3v) is 4.50. The summed E-state index contributed by atoms with van der Waals surface area (Å²) in [6.07, 6.45) is -1.94. The quantitative estimate of drug-likeness (QED) is 0.259. The molecular formula is C18H16F4O2S. The minimum Gasteiger partial charge on any atom is -0.405 e. The summed E-state index contributed by atoms with van der Waals surface area (Å²) < 4.78 is 54.2. The molecule has 2 nitrogen and oxygen atoms in total. The van der Waals surface area contributed by atoms with Crippen LogP contribution in [0, 0.1) is 5.82 Å². The van der Waals surface area contributed by atoms with Gasteiger partial charge in [-0.05, 0) is 54.8 Å². The predicted octanol–water partition coefficient (Wildman–Crippen LogP) is 5.65. The molecular weight excluding hydrogens is 356 g/mol. The number of carbonyl (C=O) groups excluding carboxylic acids is 1. The van der Waals surface area contributed by atoms with Crippen LogP contribution >= 0.6 is 11.8 Å². The van der Waals surface area contributed by atoms with Crippen molar-refractivity contribution in [3.63, 3.8) is 0 Å². The second-order valence-electron chi connectivity index (χ2n) is 5.30. The maximum atomic E-state index is 12.8. The summed E-state index contributed by atoms with van der Waals surface area (Å²) in [5, 5.41) is 0. The Morgan fingerprint density at radius 3 is 2.40 bits per heavy atom. The molecule has 0 saturated heterocycles. The van der Waals surface area contributed by atoms with E-state index in [4.69, 9.17) is 0 Å². The van der Waals surface area contributed by atoms with Gasteiger partial charge in [0.1, 0.15) is 17.9 Å². The normalized spacial score (nSPS) is 11.4. The summed E-state index contributed by atoms with van der Waals surface area (Å²) in [7, 11) is 0. The molecule has 7 heteroatoms. The lowest BCUT2D eigenvalue weighted by Gasteiger charge is -2.13. The fourth-order valence-corrected chi connectivity index (χ4v) is 3.16. The van der Waals surface area contributed by atoms with E-state index in [0.717, 1.165) is 30.9 Å². The summed E-state index contributed by atoms with van der Waals surface area (Å²) in [5.41, 5.74) is 1.14. The van der Waals surface area contributed by atoms with Crippen molar-refractivity contribution >= 4 is 18.0 Å². The molecule has 0 aliphatic carbocycles. The van der Waals surface area contributed by atoms with Gasteiger partial charge in [-0.3, -0.25) is 4.79 Å². The second-order valence-corrected chi connectivity index (χ2v) is 6.44. The maximum absolute atomic E-state index is 12.8. The van der Waals surface area contributed by atoms with Gasteiger partial charge in [-0.2, -0.15) is 0 Å². The zero-order chi connectivity index (χ0) is 18.3. The Labute approximate surface area is 147 Å². The van der Waals surface area contributed by atoms with Crippen LogP contribution in [0.3, 0.4) is 0 Å². The number of hydrogen-bond donors (Lipinski definition) is 0. The smallest absolute Gasteiger partial charge is 0.405 e. The lowest BCUT2D eigenvalue weighted by Crippen LogP contribution is -2.17. The van der Waals surface area contributed by atoms with Crippen LogP contribution in [0.2, 0.25) is 0 Å². The SMILES string of the molecule is O=Cc1ccc(SCCCCc2ccc(F)cc2)c(OC(F)(F)F)c1. The Morgan fingerprint density at radius 1 is 1.04 bits per heavy atom. The van der Waals surface area contributed by atoms with E-state index in [1.54, 1.807) is 12.1 Å². The topological polar surface area (TPSA) is 26.3 Å². The molecule has 2 aromatic rings. The summed E-state index contributed by atoms with van der Waals surface area (Å²) >= 11 is 1.24. The third kappa shape index (κ3) is 6.78. The second kappa shape index (κ2) is 8.89. The van der Waals surface area contributed by atoms with Crippen LogP contribution in [0.15, 0.2) is 47.4 Å². The van der Waals surface area contributed by atoms with Crippen LogP contribution in [0.25, 0.3) is 0 Å². The first kappa shape index (κ1) is 19.3. The number of aryl methyl sites for hydroxylation is 1. The van der Waals surface area contributed by atoms with Gasteiger partial charge >= 0.3 is 6.36 Å². The summed E-state index contributed by atoms with van der Waals surface area (Å²) in [6, 6.07) is 10.2. The van der Waals surface area contributed by atoms with Crippen LogP contribution in [-0.2, 0) is 6.42 Å². The molecule has 0 saturated carbocycles. The van der Waals surface area contributed by atoms with Crippen molar-refractivity contribution < 1.29 is 27.1 Å². The molecule has 0 heterocycles. The predicted molar refractivity (Wildman–Crippen MR) is 88.6 cm³/mol. The van der Waals surface area contributed by atoms with Gasteiger partial charge in [0, 0.05) is 10.5 Å². The highest BCUT2D eigenvalue weighted by Gasteiger charge is 2.32. The highest BCUT2D eigenvalue weighted by Crippen LogP contribution is 2.34. The summed E-state index contributed by atoms with van der Waals surface area (Å²) in [5.74, 6) is -0.0357.